The Morgan fingerprint density at radius 1 is 1.19 bits per heavy atom. The van der Waals surface area contributed by atoms with Crippen molar-refractivity contribution in [3.63, 3.8) is 0 Å². The van der Waals surface area contributed by atoms with Crippen LogP contribution in [0.25, 0.3) is 0 Å². The molecule has 5 nitrogen and oxygen atoms in total. The Hall–Kier alpha value is -1.73. The molecule has 0 saturated carbocycles. The highest BCUT2D eigenvalue weighted by Crippen LogP contribution is 2.27. The minimum Gasteiger partial charge on any atom is -0.316 e. The van der Waals surface area contributed by atoms with Crippen LogP contribution in [0.4, 0.5) is 11.4 Å². The minimum absolute atomic E-state index is 0.137. The molecule has 0 spiro atoms. The molecule has 1 amide bonds. The Balaban J connectivity index is 2.35. The van der Waals surface area contributed by atoms with Gasteiger partial charge in [-0.25, -0.2) is 0 Å². The van der Waals surface area contributed by atoms with Crippen LogP contribution in [0.3, 0.4) is 0 Å². The van der Waals surface area contributed by atoms with E-state index in [9.17, 15) is 14.9 Å². The average molecular weight is 414 g/mol. The number of nitrogens with one attached hydrogen (secondary N) is 1. The summed E-state index contributed by atoms with van der Waals surface area (Å²) in [6.45, 7) is 1.80. The van der Waals surface area contributed by atoms with Crippen molar-refractivity contribution < 1.29 is 9.72 Å². The number of rotatable bonds is 3. The second kappa shape index (κ2) is 6.36. The van der Waals surface area contributed by atoms with Crippen molar-refractivity contribution in [2.75, 3.05) is 5.32 Å². The van der Waals surface area contributed by atoms with Gasteiger partial charge in [0.2, 0.25) is 0 Å². The second-order valence-electron chi connectivity index (χ2n) is 4.36. The van der Waals surface area contributed by atoms with Crippen molar-refractivity contribution in [2.45, 2.75) is 6.92 Å². The van der Waals surface area contributed by atoms with E-state index in [1.165, 1.54) is 6.07 Å². The molecular formula is C14H10Br2N2O3. The smallest absolute Gasteiger partial charge is 0.292 e. The minimum atomic E-state index is -0.522. The lowest BCUT2D eigenvalue weighted by Crippen LogP contribution is -2.14. The van der Waals surface area contributed by atoms with Gasteiger partial charge in [0.1, 0.15) is 5.69 Å². The number of benzene rings is 2. The first kappa shape index (κ1) is 15.7. The van der Waals surface area contributed by atoms with Crippen LogP contribution in [0.15, 0.2) is 45.3 Å². The van der Waals surface area contributed by atoms with E-state index in [-0.39, 0.29) is 11.4 Å². The molecule has 1 N–H and O–H groups in total. The van der Waals surface area contributed by atoms with Crippen LogP contribution < -0.4 is 5.32 Å². The second-order valence-corrected chi connectivity index (χ2v) is 6.13. The number of hydrogen-bond acceptors (Lipinski definition) is 3. The van der Waals surface area contributed by atoms with Crippen LogP contribution in [0, 0.1) is 17.0 Å². The molecule has 0 aliphatic heterocycles. The molecule has 0 radical (unpaired) electrons. The summed E-state index contributed by atoms with van der Waals surface area (Å²) in [6, 6.07) is 9.67. The Bertz CT molecular complexity index is 732. The molecule has 0 atom stereocenters. The molecule has 21 heavy (non-hydrogen) atoms. The number of nitrogens with zero attached hydrogens (tertiary/aromatic N) is 1. The first-order valence-corrected chi connectivity index (χ1v) is 7.48. The number of anilines is 1. The number of carbonyl (C=O) groups excluding carboxylic acids is 1. The van der Waals surface area contributed by atoms with Gasteiger partial charge in [-0.05, 0) is 52.7 Å². The highest BCUT2D eigenvalue weighted by molar-refractivity contribution is 9.11. The topological polar surface area (TPSA) is 72.2 Å². The van der Waals surface area contributed by atoms with E-state index in [0.29, 0.717) is 10.0 Å². The summed E-state index contributed by atoms with van der Waals surface area (Å²) >= 11 is 6.60. The maximum Gasteiger partial charge on any atom is 0.292 e. The Morgan fingerprint density at radius 3 is 2.52 bits per heavy atom. The van der Waals surface area contributed by atoms with E-state index in [2.05, 4.69) is 37.2 Å². The third-order valence-electron chi connectivity index (χ3n) is 2.77. The lowest BCUT2D eigenvalue weighted by molar-refractivity contribution is -0.383. The molecule has 0 unspecified atom stereocenters. The number of hydrogen-bond donors (Lipinski definition) is 1. The standard InChI is InChI=1S/C14H10Br2N2O3/c1-8-2-5-13(18(20)21)12(6-8)17-14(19)10-4-3-9(15)7-11(10)16/h2-7H,1H3,(H,17,19). The molecular weight excluding hydrogens is 404 g/mol. The number of nitro benzene ring substituents is 1. The molecule has 0 fully saturated rings. The van der Waals surface area contributed by atoms with Gasteiger partial charge in [-0.15, -0.1) is 0 Å². The van der Waals surface area contributed by atoms with Gasteiger partial charge in [0.15, 0.2) is 0 Å². The first-order valence-electron chi connectivity index (χ1n) is 5.90. The van der Waals surface area contributed by atoms with Crippen molar-refractivity contribution >= 4 is 49.1 Å². The van der Waals surface area contributed by atoms with Gasteiger partial charge in [-0.2, -0.15) is 0 Å². The molecule has 2 aromatic rings. The zero-order chi connectivity index (χ0) is 15.6. The van der Waals surface area contributed by atoms with Crippen LogP contribution in [0.5, 0.6) is 0 Å². The molecule has 0 aliphatic rings. The summed E-state index contributed by atoms with van der Waals surface area (Å²) in [5.41, 5.74) is 1.27. The summed E-state index contributed by atoms with van der Waals surface area (Å²) in [5.74, 6) is -0.414. The Morgan fingerprint density at radius 2 is 1.90 bits per heavy atom. The van der Waals surface area contributed by atoms with Crippen LogP contribution >= 0.6 is 31.9 Å². The number of halogens is 2. The van der Waals surface area contributed by atoms with Gasteiger partial charge in [-0.3, -0.25) is 14.9 Å². The summed E-state index contributed by atoms with van der Waals surface area (Å²) in [7, 11) is 0. The molecule has 0 aliphatic carbocycles. The Kier molecular flexibility index (Phi) is 4.74. The van der Waals surface area contributed by atoms with Gasteiger partial charge >= 0.3 is 0 Å². The largest absolute Gasteiger partial charge is 0.316 e. The van der Waals surface area contributed by atoms with E-state index in [1.807, 2.05) is 0 Å². The number of amides is 1. The summed E-state index contributed by atoms with van der Waals surface area (Å²) < 4.78 is 1.43. The third-order valence-corrected chi connectivity index (χ3v) is 3.92. The van der Waals surface area contributed by atoms with Crippen molar-refractivity contribution in [2.24, 2.45) is 0 Å². The van der Waals surface area contributed by atoms with Gasteiger partial charge in [0, 0.05) is 15.0 Å². The maximum atomic E-state index is 12.3. The number of carbonyl (C=O) groups is 1. The zero-order valence-electron chi connectivity index (χ0n) is 10.9. The van der Waals surface area contributed by atoms with Gasteiger partial charge in [-0.1, -0.05) is 22.0 Å². The highest BCUT2D eigenvalue weighted by atomic mass is 79.9. The van der Waals surface area contributed by atoms with Crippen LogP contribution in [-0.2, 0) is 0 Å². The van der Waals surface area contributed by atoms with E-state index < -0.39 is 10.8 Å². The van der Waals surface area contributed by atoms with Crippen LogP contribution in [0.1, 0.15) is 15.9 Å². The fraction of sp³-hybridized carbons (Fsp3) is 0.0714. The van der Waals surface area contributed by atoms with Gasteiger partial charge in [0.25, 0.3) is 11.6 Å². The van der Waals surface area contributed by atoms with Crippen LogP contribution in [-0.4, -0.2) is 10.8 Å². The van der Waals surface area contributed by atoms with E-state index >= 15 is 0 Å². The fourth-order valence-corrected chi connectivity index (χ4v) is 3.00. The maximum absolute atomic E-state index is 12.3. The number of aryl methyl sites for hydroxylation is 1. The van der Waals surface area contributed by atoms with E-state index in [4.69, 9.17) is 0 Å². The van der Waals surface area contributed by atoms with Crippen molar-refractivity contribution in [3.8, 4) is 0 Å². The summed E-state index contributed by atoms with van der Waals surface area (Å²) in [5, 5.41) is 13.6. The lowest BCUT2D eigenvalue weighted by Gasteiger charge is -2.08. The van der Waals surface area contributed by atoms with Crippen molar-refractivity contribution in [1.82, 2.24) is 0 Å². The predicted octanol–water partition coefficient (Wildman–Crippen LogP) is 4.68. The lowest BCUT2D eigenvalue weighted by atomic mass is 10.1. The molecule has 0 bridgehead atoms. The van der Waals surface area contributed by atoms with Gasteiger partial charge in [0.05, 0.1) is 10.5 Å². The van der Waals surface area contributed by atoms with Crippen LogP contribution in [0.2, 0.25) is 0 Å². The monoisotopic (exact) mass is 412 g/mol. The fourth-order valence-electron chi connectivity index (χ4n) is 1.77. The SMILES string of the molecule is Cc1ccc([N+](=O)[O-])c(NC(=O)c2ccc(Br)cc2Br)c1. The molecule has 0 heterocycles. The molecule has 2 rings (SSSR count). The normalized spacial score (nSPS) is 10.2. The summed E-state index contributed by atoms with van der Waals surface area (Å²) in [4.78, 5) is 22.7. The predicted molar refractivity (Wildman–Crippen MR) is 87.6 cm³/mol. The first-order chi connectivity index (χ1) is 9.88. The highest BCUT2D eigenvalue weighted by Gasteiger charge is 2.18. The molecule has 2 aromatic carbocycles. The molecule has 0 saturated heterocycles. The average Bonchev–Trinajstić information content (AvgIpc) is 2.37. The quantitative estimate of drug-likeness (QED) is 0.586. The van der Waals surface area contributed by atoms with E-state index in [1.54, 1.807) is 37.3 Å². The van der Waals surface area contributed by atoms with Crippen molar-refractivity contribution in [1.29, 1.82) is 0 Å². The summed E-state index contributed by atoms with van der Waals surface area (Å²) in [6.07, 6.45) is 0. The third kappa shape index (κ3) is 3.68. The zero-order valence-corrected chi connectivity index (χ0v) is 14.1. The van der Waals surface area contributed by atoms with Crippen molar-refractivity contribution in [3.05, 3.63) is 66.6 Å². The molecule has 7 heteroatoms. The molecule has 108 valence electrons. The number of nitro groups is 1. The van der Waals surface area contributed by atoms with Gasteiger partial charge < -0.3 is 5.32 Å². The Labute approximate surface area is 137 Å². The van der Waals surface area contributed by atoms with E-state index in [0.717, 1.165) is 10.0 Å². The molecule has 0 aromatic heterocycles.